The van der Waals surface area contributed by atoms with Crippen molar-refractivity contribution in [1.82, 2.24) is 34.8 Å². The van der Waals surface area contributed by atoms with Gasteiger partial charge in [-0.3, -0.25) is 10.4 Å². The van der Waals surface area contributed by atoms with Gasteiger partial charge in [-0.1, -0.05) is 0 Å². The molecule has 3 aliphatic rings. The van der Waals surface area contributed by atoms with E-state index in [1.807, 2.05) is 21.9 Å². The SMILES string of the molecule is CNN(C=N)C1CC2(C1)CN(C(=O)N1CCC(Cc3cnn4cc(C(F)(F)F)cnc34)CC1)C2. The largest absolute Gasteiger partial charge is 0.419 e. The molecule has 1 spiro atoms. The molecule has 1 saturated carbocycles. The molecule has 0 aromatic carbocycles. The number of piperidine rings is 1. The Morgan fingerprint density at radius 2 is 1.97 bits per heavy atom. The molecule has 0 radical (unpaired) electrons. The Kier molecular flexibility index (Phi) is 5.65. The quantitative estimate of drug-likeness (QED) is 0.392. The number of hydrazine groups is 1. The smallest absolute Gasteiger partial charge is 0.325 e. The molecule has 184 valence electrons. The number of urea groups is 1. The van der Waals surface area contributed by atoms with Crippen molar-refractivity contribution in [1.29, 1.82) is 5.41 Å². The monoisotopic (exact) mass is 478 g/mol. The van der Waals surface area contributed by atoms with Crippen molar-refractivity contribution in [3.05, 3.63) is 29.7 Å². The first-order valence-electron chi connectivity index (χ1n) is 11.6. The van der Waals surface area contributed by atoms with Gasteiger partial charge in [0.15, 0.2) is 5.65 Å². The molecule has 1 aliphatic carbocycles. The fraction of sp³-hybridized carbons (Fsp3) is 0.636. The number of amides is 2. The first-order valence-corrected chi connectivity index (χ1v) is 11.6. The number of rotatable bonds is 5. The molecule has 0 bridgehead atoms. The first kappa shape index (κ1) is 22.9. The molecule has 2 aliphatic heterocycles. The van der Waals surface area contributed by atoms with Crippen molar-refractivity contribution in [3.63, 3.8) is 0 Å². The van der Waals surface area contributed by atoms with E-state index >= 15 is 0 Å². The molecule has 34 heavy (non-hydrogen) atoms. The molecule has 12 heteroatoms. The Hall–Kier alpha value is -2.89. The summed E-state index contributed by atoms with van der Waals surface area (Å²) in [6, 6.07) is 0.423. The topological polar surface area (TPSA) is 92.9 Å². The highest BCUT2D eigenvalue weighted by atomic mass is 19.4. The predicted molar refractivity (Wildman–Crippen MR) is 118 cm³/mol. The van der Waals surface area contributed by atoms with E-state index in [2.05, 4.69) is 15.5 Å². The summed E-state index contributed by atoms with van der Waals surface area (Å²) < 4.78 is 39.9. The van der Waals surface area contributed by atoms with Crippen molar-refractivity contribution < 1.29 is 18.0 Å². The van der Waals surface area contributed by atoms with Gasteiger partial charge in [0.25, 0.3) is 0 Å². The van der Waals surface area contributed by atoms with E-state index in [4.69, 9.17) is 5.41 Å². The van der Waals surface area contributed by atoms with Crippen molar-refractivity contribution in [2.24, 2.45) is 11.3 Å². The Bertz CT molecular complexity index is 1060. The first-order chi connectivity index (χ1) is 16.2. The average molecular weight is 479 g/mol. The van der Waals surface area contributed by atoms with Gasteiger partial charge in [0.05, 0.1) is 18.1 Å². The summed E-state index contributed by atoms with van der Waals surface area (Å²) in [6.45, 7) is 2.93. The van der Waals surface area contributed by atoms with E-state index in [-0.39, 0.29) is 11.4 Å². The summed E-state index contributed by atoms with van der Waals surface area (Å²) in [7, 11) is 1.81. The third-order valence-corrected chi connectivity index (χ3v) is 7.60. The van der Waals surface area contributed by atoms with Crippen LogP contribution in [0.4, 0.5) is 18.0 Å². The zero-order valence-electron chi connectivity index (χ0n) is 19.1. The van der Waals surface area contributed by atoms with E-state index in [9.17, 15) is 18.0 Å². The lowest BCUT2D eigenvalue weighted by Gasteiger charge is -2.60. The van der Waals surface area contributed by atoms with Crippen LogP contribution in [0.1, 0.15) is 36.8 Å². The number of carbonyl (C=O) groups is 1. The number of aromatic nitrogens is 3. The Labute approximate surface area is 195 Å². The van der Waals surface area contributed by atoms with Gasteiger partial charge in [0.1, 0.15) is 0 Å². The van der Waals surface area contributed by atoms with Gasteiger partial charge in [-0.05, 0) is 38.0 Å². The molecule has 5 rings (SSSR count). The van der Waals surface area contributed by atoms with Gasteiger partial charge in [-0.2, -0.15) is 18.3 Å². The lowest BCUT2D eigenvalue weighted by atomic mass is 9.60. The van der Waals surface area contributed by atoms with Crippen LogP contribution in [0.15, 0.2) is 18.6 Å². The van der Waals surface area contributed by atoms with Crippen LogP contribution >= 0.6 is 0 Å². The second-order valence-corrected chi connectivity index (χ2v) is 9.87. The van der Waals surface area contributed by atoms with Crippen LogP contribution in [-0.4, -0.2) is 81.0 Å². The Morgan fingerprint density at radius 3 is 2.59 bits per heavy atom. The number of carbonyl (C=O) groups excluding carboxylic acids is 1. The van der Waals surface area contributed by atoms with Crippen LogP contribution < -0.4 is 5.43 Å². The second-order valence-electron chi connectivity index (χ2n) is 9.87. The molecule has 2 saturated heterocycles. The number of nitrogens with one attached hydrogen (secondary N) is 2. The number of fused-ring (bicyclic) bond motifs is 1. The predicted octanol–water partition coefficient (Wildman–Crippen LogP) is 2.63. The van der Waals surface area contributed by atoms with Crippen LogP contribution in [-0.2, 0) is 12.6 Å². The van der Waals surface area contributed by atoms with Crippen LogP contribution in [0.3, 0.4) is 0 Å². The van der Waals surface area contributed by atoms with Gasteiger partial charge in [-0.25, -0.2) is 19.7 Å². The fourth-order valence-electron chi connectivity index (χ4n) is 5.70. The third kappa shape index (κ3) is 4.08. The molecule has 0 atom stereocenters. The van der Waals surface area contributed by atoms with Gasteiger partial charge >= 0.3 is 12.2 Å². The fourth-order valence-corrected chi connectivity index (χ4v) is 5.70. The highest BCUT2D eigenvalue weighted by molar-refractivity contribution is 5.76. The molecule has 4 heterocycles. The number of hydrogen-bond donors (Lipinski definition) is 2. The standard InChI is InChI=1S/C22H29F3N8O/c1-27-33(14-26)18-7-21(8-18)12-31(13-21)20(34)30-4-2-15(3-5-30)6-16-9-29-32-11-17(22(23,24)25)10-28-19(16)32/h9-11,14-15,18,26-27H,2-8,12-13H2,1H3. The van der Waals surface area contributed by atoms with Crippen LogP contribution in [0.25, 0.3) is 5.65 Å². The summed E-state index contributed by atoms with van der Waals surface area (Å²) in [6.07, 6.45) is 4.66. The van der Waals surface area contributed by atoms with Crippen LogP contribution in [0.2, 0.25) is 0 Å². The van der Waals surface area contributed by atoms with Gasteiger partial charge < -0.3 is 9.80 Å². The van der Waals surface area contributed by atoms with E-state index in [0.29, 0.717) is 37.1 Å². The zero-order valence-corrected chi connectivity index (χ0v) is 19.1. The summed E-state index contributed by atoms with van der Waals surface area (Å²) in [5.41, 5.74) is 3.69. The molecule has 2 N–H and O–H groups in total. The normalized spacial score (nSPS) is 20.9. The van der Waals surface area contributed by atoms with Crippen molar-refractivity contribution in [2.45, 2.75) is 44.3 Å². The Balaban J connectivity index is 1.10. The lowest BCUT2D eigenvalue weighted by molar-refractivity contribution is -0.138. The van der Waals surface area contributed by atoms with E-state index in [1.54, 1.807) is 6.20 Å². The minimum absolute atomic E-state index is 0.0994. The highest BCUT2D eigenvalue weighted by Gasteiger charge is 2.55. The van der Waals surface area contributed by atoms with E-state index in [0.717, 1.165) is 56.7 Å². The highest BCUT2D eigenvalue weighted by Crippen LogP contribution is 2.50. The lowest BCUT2D eigenvalue weighted by Crippen LogP contribution is -2.69. The summed E-state index contributed by atoms with van der Waals surface area (Å²) in [5, 5.41) is 13.3. The van der Waals surface area contributed by atoms with E-state index in [1.165, 1.54) is 10.9 Å². The molecule has 3 fully saturated rings. The molecular formula is C22H29F3N8O. The number of nitrogens with zero attached hydrogens (tertiary/aromatic N) is 6. The van der Waals surface area contributed by atoms with Gasteiger partial charge in [-0.15, -0.1) is 0 Å². The number of likely N-dealkylation sites (tertiary alicyclic amines) is 2. The third-order valence-electron chi connectivity index (χ3n) is 7.60. The van der Waals surface area contributed by atoms with Crippen molar-refractivity contribution >= 4 is 18.0 Å². The minimum Gasteiger partial charge on any atom is -0.325 e. The summed E-state index contributed by atoms with van der Waals surface area (Å²) >= 11 is 0. The van der Waals surface area contributed by atoms with E-state index < -0.39 is 11.7 Å². The molecule has 2 amide bonds. The van der Waals surface area contributed by atoms with Gasteiger partial charge in [0.2, 0.25) is 0 Å². The minimum atomic E-state index is -4.45. The summed E-state index contributed by atoms with van der Waals surface area (Å²) in [4.78, 5) is 20.8. The molecule has 0 unspecified atom stereocenters. The van der Waals surface area contributed by atoms with Crippen LogP contribution in [0.5, 0.6) is 0 Å². The molecule has 2 aromatic rings. The maximum absolute atomic E-state index is 12.9. The molecule has 2 aromatic heterocycles. The van der Waals surface area contributed by atoms with Gasteiger partial charge in [0, 0.05) is 62.6 Å². The van der Waals surface area contributed by atoms with Crippen LogP contribution in [0, 0.1) is 16.7 Å². The number of halogens is 3. The maximum Gasteiger partial charge on any atom is 0.419 e. The average Bonchev–Trinajstić information content (AvgIpc) is 3.16. The maximum atomic E-state index is 12.9. The number of hydrogen-bond acceptors (Lipinski definition) is 5. The Morgan fingerprint density at radius 1 is 1.26 bits per heavy atom. The van der Waals surface area contributed by atoms with Crippen molar-refractivity contribution in [3.8, 4) is 0 Å². The summed E-state index contributed by atoms with van der Waals surface area (Å²) in [5.74, 6) is 0.338. The molecular weight excluding hydrogens is 449 g/mol. The second kappa shape index (κ2) is 8.40. The number of alkyl halides is 3. The van der Waals surface area contributed by atoms with Crippen molar-refractivity contribution in [2.75, 3.05) is 33.2 Å². The molecule has 9 nitrogen and oxygen atoms in total. The zero-order chi connectivity index (χ0) is 24.1.